The molecule has 2 bridgehead atoms. The summed E-state index contributed by atoms with van der Waals surface area (Å²) in [7, 11) is -0.361. The van der Waals surface area contributed by atoms with E-state index < -0.39 is 6.10 Å². The van der Waals surface area contributed by atoms with Crippen molar-refractivity contribution in [2.45, 2.75) is 83.2 Å². The summed E-state index contributed by atoms with van der Waals surface area (Å²) in [6, 6.07) is 20.4. The van der Waals surface area contributed by atoms with Gasteiger partial charge in [-0.05, 0) is 69.3 Å². The zero-order valence-electron chi connectivity index (χ0n) is 22.7. The Hall–Kier alpha value is -2.67. The molecule has 2 fully saturated rings. The molecule has 0 aromatic heterocycles. The Morgan fingerprint density at radius 3 is 2.50 bits per heavy atom. The van der Waals surface area contributed by atoms with Crippen molar-refractivity contribution in [3.8, 4) is 0 Å². The number of carbonyl (C=O) groups excluding carboxylic acids is 1. The number of carbonyl (C=O) groups is 1. The first kappa shape index (κ1) is 28.3. The molecule has 0 unspecified atom stereocenters. The molecule has 5 nitrogen and oxygen atoms in total. The van der Waals surface area contributed by atoms with Gasteiger partial charge in [0.15, 0.2) is 0 Å². The van der Waals surface area contributed by atoms with Gasteiger partial charge in [0.1, 0.15) is 0 Å². The van der Waals surface area contributed by atoms with Crippen LogP contribution in [0.2, 0.25) is 0 Å². The smallest absolute Gasteiger partial charge is 0.463 e. The van der Waals surface area contributed by atoms with Crippen LogP contribution in [0.4, 0.5) is 0 Å². The number of fused-ring (bicyclic) bond motifs is 2. The maximum Gasteiger partial charge on any atom is 0.494 e. The molecule has 0 spiro atoms. The van der Waals surface area contributed by atoms with Crippen molar-refractivity contribution in [2.75, 3.05) is 0 Å². The third-order valence-corrected chi connectivity index (χ3v) is 7.36. The van der Waals surface area contributed by atoms with E-state index in [9.17, 15) is 9.90 Å². The van der Waals surface area contributed by atoms with Crippen LogP contribution in [0.15, 0.2) is 85.0 Å². The Labute approximate surface area is 228 Å². The van der Waals surface area contributed by atoms with Crippen molar-refractivity contribution < 1.29 is 23.9 Å². The van der Waals surface area contributed by atoms with Crippen molar-refractivity contribution >= 4 is 18.6 Å². The number of rotatable bonds is 13. The number of unbranched alkanes of at least 4 members (excludes halogenated alkanes) is 1. The standard InChI is InChI=1S/C32H41BO5/c1-24(2)36-32(35)18-12-4-3-11-17-28-29(22-21-27(34)20-19-25-13-7-5-8-14-25)31-23-30(28)37-33(38-31)26-15-9-6-10-16-26/h3,5-11,13-16,21-22,24,27-31,34H,4,12,17-20,23H2,1-2H3/b11-3-,22-21+/t27-,28-,29-,30+,31-/m1/s1. The molecule has 0 radical (unpaired) electrons. The van der Waals surface area contributed by atoms with Crippen LogP contribution in [-0.2, 0) is 25.3 Å². The number of hydrogen-bond acceptors (Lipinski definition) is 5. The van der Waals surface area contributed by atoms with Crippen LogP contribution < -0.4 is 5.46 Å². The molecule has 38 heavy (non-hydrogen) atoms. The van der Waals surface area contributed by atoms with E-state index in [1.807, 2.05) is 68.5 Å². The second-order valence-electron chi connectivity index (χ2n) is 10.7. The topological polar surface area (TPSA) is 65.0 Å². The summed E-state index contributed by atoms with van der Waals surface area (Å²) in [6.07, 6.45) is 13.4. The molecule has 1 saturated carbocycles. The van der Waals surface area contributed by atoms with Crippen molar-refractivity contribution in [3.63, 3.8) is 0 Å². The lowest BCUT2D eigenvalue weighted by Gasteiger charge is -2.28. The van der Waals surface area contributed by atoms with Crippen LogP contribution in [0, 0.1) is 11.8 Å². The first-order chi connectivity index (χ1) is 18.5. The molecule has 0 amide bonds. The predicted molar refractivity (Wildman–Crippen MR) is 152 cm³/mol. The summed E-state index contributed by atoms with van der Waals surface area (Å²) < 4.78 is 18.1. The number of benzene rings is 2. The quantitative estimate of drug-likeness (QED) is 0.167. The highest BCUT2D eigenvalue weighted by Crippen LogP contribution is 2.43. The number of esters is 1. The summed E-state index contributed by atoms with van der Waals surface area (Å²) >= 11 is 0. The molecule has 2 aromatic carbocycles. The second-order valence-corrected chi connectivity index (χ2v) is 10.7. The van der Waals surface area contributed by atoms with E-state index in [0.29, 0.717) is 12.8 Å². The number of ether oxygens (including phenoxy) is 1. The average Bonchev–Trinajstić information content (AvgIpc) is 3.16. The normalized spacial score (nSPS) is 23.9. The monoisotopic (exact) mass is 516 g/mol. The maximum atomic E-state index is 11.8. The molecular weight excluding hydrogens is 475 g/mol. The molecule has 6 heteroatoms. The van der Waals surface area contributed by atoms with Gasteiger partial charge in [-0.15, -0.1) is 0 Å². The molecular formula is C32H41BO5. The van der Waals surface area contributed by atoms with Crippen LogP contribution in [0.5, 0.6) is 0 Å². The van der Waals surface area contributed by atoms with E-state index in [1.165, 1.54) is 5.56 Å². The summed E-state index contributed by atoms with van der Waals surface area (Å²) in [5.41, 5.74) is 2.27. The highest BCUT2D eigenvalue weighted by Gasteiger charge is 2.50. The van der Waals surface area contributed by atoms with Gasteiger partial charge < -0.3 is 19.2 Å². The third-order valence-electron chi connectivity index (χ3n) is 7.36. The summed E-state index contributed by atoms with van der Waals surface area (Å²) in [6.45, 7) is 3.74. The molecule has 4 rings (SSSR count). The third kappa shape index (κ3) is 8.42. The molecule has 5 atom stereocenters. The highest BCUT2D eigenvalue weighted by atomic mass is 16.6. The summed E-state index contributed by atoms with van der Waals surface area (Å²) in [4.78, 5) is 11.8. The van der Waals surface area contributed by atoms with Crippen LogP contribution >= 0.6 is 0 Å². The van der Waals surface area contributed by atoms with Crippen molar-refractivity contribution in [1.29, 1.82) is 0 Å². The molecule has 1 aliphatic carbocycles. The van der Waals surface area contributed by atoms with Gasteiger partial charge in [0, 0.05) is 18.4 Å². The van der Waals surface area contributed by atoms with E-state index in [1.54, 1.807) is 0 Å². The van der Waals surface area contributed by atoms with Crippen molar-refractivity contribution in [3.05, 3.63) is 90.5 Å². The van der Waals surface area contributed by atoms with Crippen LogP contribution in [0.25, 0.3) is 0 Å². The van der Waals surface area contributed by atoms with E-state index in [4.69, 9.17) is 14.0 Å². The second kappa shape index (κ2) is 14.5. The van der Waals surface area contributed by atoms with Gasteiger partial charge in [-0.2, -0.15) is 0 Å². The van der Waals surface area contributed by atoms with E-state index in [-0.39, 0.29) is 43.2 Å². The molecule has 1 heterocycles. The Bertz CT molecular complexity index is 1040. The van der Waals surface area contributed by atoms with Gasteiger partial charge in [0.25, 0.3) is 0 Å². The van der Waals surface area contributed by atoms with Gasteiger partial charge in [0.05, 0.1) is 18.3 Å². The Morgan fingerprint density at radius 1 is 1.05 bits per heavy atom. The Kier molecular flexibility index (Phi) is 10.8. The van der Waals surface area contributed by atoms with E-state index in [0.717, 1.165) is 37.6 Å². The minimum absolute atomic E-state index is 0.0562. The molecule has 202 valence electrons. The lowest BCUT2D eigenvalue weighted by molar-refractivity contribution is -0.147. The molecule has 2 aromatic rings. The van der Waals surface area contributed by atoms with Crippen molar-refractivity contribution in [1.82, 2.24) is 0 Å². The Balaban J connectivity index is 1.36. The van der Waals surface area contributed by atoms with Gasteiger partial charge in [-0.1, -0.05) is 85.0 Å². The number of allylic oxidation sites excluding steroid dienone is 2. The average molecular weight is 516 g/mol. The lowest BCUT2D eigenvalue weighted by Crippen LogP contribution is -2.45. The van der Waals surface area contributed by atoms with Crippen molar-refractivity contribution in [2.24, 2.45) is 11.8 Å². The SMILES string of the molecule is CC(C)OC(=O)CCC/C=C\C[C@@H]1[C@@H](/C=C/[C@H](O)CCc2ccccc2)[C@H]2C[C@@H]1OB(c1ccccc1)O2. The van der Waals surface area contributed by atoms with Crippen LogP contribution in [0.1, 0.15) is 57.9 Å². The lowest BCUT2D eigenvalue weighted by atomic mass is 9.77. The number of aliphatic hydroxyl groups is 1. The fraction of sp³-hybridized carbons (Fsp3) is 0.469. The van der Waals surface area contributed by atoms with Gasteiger partial charge in [-0.3, -0.25) is 4.79 Å². The van der Waals surface area contributed by atoms with Gasteiger partial charge >= 0.3 is 13.1 Å². The molecule has 1 N–H and O–H groups in total. The number of aryl methyl sites for hydroxylation is 1. The molecule has 1 saturated heterocycles. The fourth-order valence-corrected chi connectivity index (χ4v) is 5.45. The van der Waals surface area contributed by atoms with Crippen LogP contribution in [0.3, 0.4) is 0 Å². The summed E-state index contributed by atoms with van der Waals surface area (Å²) in [5.74, 6) is 0.311. The molecule has 1 aliphatic heterocycles. The largest absolute Gasteiger partial charge is 0.494 e. The van der Waals surface area contributed by atoms with Gasteiger partial charge in [-0.25, -0.2) is 0 Å². The van der Waals surface area contributed by atoms with Gasteiger partial charge in [0.2, 0.25) is 0 Å². The summed E-state index contributed by atoms with van der Waals surface area (Å²) in [5, 5.41) is 10.7. The predicted octanol–water partition coefficient (Wildman–Crippen LogP) is 5.42. The van der Waals surface area contributed by atoms with E-state index >= 15 is 0 Å². The minimum Gasteiger partial charge on any atom is -0.463 e. The van der Waals surface area contributed by atoms with Crippen LogP contribution in [-0.4, -0.2) is 42.6 Å². The zero-order valence-corrected chi connectivity index (χ0v) is 22.7. The molecule has 2 aliphatic rings. The zero-order chi connectivity index (χ0) is 26.7. The maximum absolute atomic E-state index is 11.8. The fourth-order valence-electron chi connectivity index (χ4n) is 5.45. The number of aliphatic hydroxyl groups excluding tert-OH is 1. The van der Waals surface area contributed by atoms with E-state index in [2.05, 4.69) is 30.4 Å². The number of hydrogen-bond donors (Lipinski definition) is 1. The first-order valence-electron chi connectivity index (χ1n) is 14.1. The highest BCUT2D eigenvalue weighted by molar-refractivity contribution is 6.61. The minimum atomic E-state index is -0.497. The first-order valence-corrected chi connectivity index (χ1v) is 14.1. The Morgan fingerprint density at radius 2 is 1.76 bits per heavy atom.